The van der Waals surface area contributed by atoms with Crippen LogP contribution in [0.5, 0.6) is 0 Å². The van der Waals surface area contributed by atoms with Crippen LogP contribution in [0.3, 0.4) is 0 Å². The Labute approximate surface area is 306 Å². The zero-order valence-corrected chi connectivity index (χ0v) is 30.5. The molecule has 12 heteroatoms. The minimum Gasteiger partial charge on any atom is -0.445 e. The maximum Gasteiger partial charge on any atom is 0.408 e. The first-order valence-corrected chi connectivity index (χ1v) is 17.8. The number of aliphatic hydroxyl groups is 1. The number of amides is 5. The molecule has 0 saturated carbocycles. The van der Waals surface area contributed by atoms with Crippen molar-refractivity contribution in [3.05, 3.63) is 96.1 Å². The van der Waals surface area contributed by atoms with Crippen LogP contribution in [-0.4, -0.2) is 66.1 Å². The van der Waals surface area contributed by atoms with E-state index in [0.29, 0.717) is 6.42 Å². The lowest BCUT2D eigenvalue weighted by Gasteiger charge is -2.38. The highest BCUT2D eigenvalue weighted by molar-refractivity contribution is 5.99. The predicted octanol–water partition coefficient (Wildman–Crippen LogP) is 4.00. The van der Waals surface area contributed by atoms with Gasteiger partial charge in [0.15, 0.2) is 0 Å². The number of imide groups is 1. The number of hydrogen-bond donors (Lipinski definition) is 6. The van der Waals surface area contributed by atoms with Gasteiger partial charge in [-0.05, 0) is 47.9 Å². The van der Waals surface area contributed by atoms with Gasteiger partial charge in [-0.1, -0.05) is 119 Å². The Morgan fingerprint density at radius 2 is 1.44 bits per heavy atom. The third-order valence-corrected chi connectivity index (χ3v) is 8.97. The fourth-order valence-electron chi connectivity index (χ4n) is 5.74. The van der Waals surface area contributed by atoms with E-state index >= 15 is 0 Å². The predicted molar refractivity (Wildman–Crippen MR) is 199 cm³/mol. The standard InChI is InChI=1S/C40H53N5O7/c1-5-6-9-22-33(47)44-37(49)34(27(2)3)45-38(50)35(41)40(26-46,23-31-20-14-15-21-32(31)30-18-12-8-13-19-30)25-42-36(48)28(4)43-39(51)52-24-29-16-10-7-11-17-29/h7-8,10-21,27-28,34-35,46H,5-6,9,22-26,41H2,1-4H3,(H,42,48)(H,43,51)(H,45,50)(H,44,47,49)/t28-,34?,35?,40?/m0/s1. The molecule has 0 heterocycles. The summed E-state index contributed by atoms with van der Waals surface area (Å²) in [7, 11) is 0. The number of rotatable bonds is 19. The molecule has 3 aromatic carbocycles. The number of nitrogens with two attached hydrogens (primary N) is 1. The van der Waals surface area contributed by atoms with E-state index in [-0.39, 0.29) is 26.0 Å². The van der Waals surface area contributed by atoms with Gasteiger partial charge in [0.2, 0.25) is 23.6 Å². The van der Waals surface area contributed by atoms with Crippen molar-refractivity contribution in [3.8, 4) is 11.1 Å². The second-order valence-corrected chi connectivity index (χ2v) is 13.4. The first-order chi connectivity index (χ1) is 24.9. The van der Waals surface area contributed by atoms with Crippen molar-refractivity contribution in [2.75, 3.05) is 13.2 Å². The lowest BCUT2D eigenvalue weighted by Crippen LogP contribution is -2.63. The minimum atomic E-state index is -1.48. The second-order valence-electron chi connectivity index (χ2n) is 13.4. The Balaban J connectivity index is 1.84. The van der Waals surface area contributed by atoms with Gasteiger partial charge < -0.3 is 31.5 Å². The second kappa shape index (κ2) is 20.7. The summed E-state index contributed by atoms with van der Waals surface area (Å²) in [5.41, 5.74) is 8.50. The van der Waals surface area contributed by atoms with Crippen molar-refractivity contribution < 1.29 is 33.8 Å². The molecule has 0 fully saturated rings. The van der Waals surface area contributed by atoms with E-state index in [4.69, 9.17) is 10.5 Å². The molecule has 0 aliphatic heterocycles. The summed E-state index contributed by atoms with van der Waals surface area (Å²) < 4.78 is 5.25. The first kappa shape index (κ1) is 41.4. The topological polar surface area (TPSA) is 189 Å². The largest absolute Gasteiger partial charge is 0.445 e. The molecule has 0 aromatic heterocycles. The van der Waals surface area contributed by atoms with Gasteiger partial charge in [-0.3, -0.25) is 24.5 Å². The lowest BCUT2D eigenvalue weighted by atomic mass is 9.74. The smallest absolute Gasteiger partial charge is 0.408 e. The number of carbonyl (C=O) groups excluding carboxylic acids is 5. The SMILES string of the molecule is CCCCCC(=O)NC(=O)C(NC(=O)C(N)C(CO)(CNC(=O)[C@H](C)NC(=O)OCc1ccccc1)Cc1ccccc1-c1ccccc1)C(C)C. The Morgan fingerprint density at radius 3 is 2.08 bits per heavy atom. The molecule has 0 radical (unpaired) electrons. The van der Waals surface area contributed by atoms with Gasteiger partial charge in [0.25, 0.3) is 0 Å². The van der Waals surface area contributed by atoms with Crippen molar-refractivity contribution in [2.45, 2.75) is 84.5 Å². The number of benzene rings is 3. The average molecular weight is 716 g/mol. The van der Waals surface area contributed by atoms with Gasteiger partial charge in [0, 0.05) is 18.4 Å². The minimum absolute atomic E-state index is 0.0157. The van der Waals surface area contributed by atoms with Crippen molar-refractivity contribution in [2.24, 2.45) is 17.1 Å². The van der Waals surface area contributed by atoms with Crippen LogP contribution >= 0.6 is 0 Å². The van der Waals surface area contributed by atoms with Gasteiger partial charge in [0.1, 0.15) is 18.7 Å². The van der Waals surface area contributed by atoms with Crippen LogP contribution in [0.2, 0.25) is 0 Å². The molecule has 3 rings (SSSR count). The van der Waals surface area contributed by atoms with Gasteiger partial charge >= 0.3 is 6.09 Å². The molecule has 4 atom stereocenters. The van der Waals surface area contributed by atoms with Crippen molar-refractivity contribution >= 4 is 29.7 Å². The number of hydrogen-bond acceptors (Lipinski definition) is 8. The van der Waals surface area contributed by atoms with Crippen LogP contribution in [0.25, 0.3) is 11.1 Å². The first-order valence-electron chi connectivity index (χ1n) is 17.8. The zero-order valence-electron chi connectivity index (χ0n) is 30.5. The van der Waals surface area contributed by atoms with E-state index in [1.165, 1.54) is 6.92 Å². The molecule has 0 spiro atoms. The zero-order chi connectivity index (χ0) is 38.1. The molecule has 0 saturated heterocycles. The number of alkyl carbamates (subject to hydrolysis) is 1. The number of carbonyl (C=O) groups is 5. The molecule has 12 nitrogen and oxygen atoms in total. The van der Waals surface area contributed by atoms with E-state index in [2.05, 4.69) is 21.3 Å². The quantitative estimate of drug-likeness (QED) is 0.101. The summed E-state index contributed by atoms with van der Waals surface area (Å²) >= 11 is 0. The molecule has 280 valence electrons. The lowest BCUT2D eigenvalue weighted by molar-refractivity contribution is -0.136. The molecule has 3 unspecified atom stereocenters. The van der Waals surface area contributed by atoms with Crippen LogP contribution in [0.15, 0.2) is 84.9 Å². The van der Waals surface area contributed by atoms with Crippen LogP contribution < -0.4 is 27.0 Å². The Bertz CT molecular complexity index is 1620. The maximum absolute atomic E-state index is 13.9. The molecule has 0 aliphatic carbocycles. The number of ether oxygens (including phenoxy) is 1. The molecular formula is C40H53N5O7. The average Bonchev–Trinajstić information content (AvgIpc) is 3.15. The van der Waals surface area contributed by atoms with E-state index in [1.807, 2.05) is 79.7 Å². The summed E-state index contributed by atoms with van der Waals surface area (Å²) in [5.74, 6) is -2.84. The molecule has 0 aliphatic rings. The van der Waals surface area contributed by atoms with Crippen molar-refractivity contribution in [1.29, 1.82) is 0 Å². The summed E-state index contributed by atoms with van der Waals surface area (Å²) in [6, 6.07) is 22.6. The molecule has 7 N–H and O–H groups in total. The van der Waals surface area contributed by atoms with Crippen molar-refractivity contribution in [3.63, 3.8) is 0 Å². The molecule has 52 heavy (non-hydrogen) atoms. The maximum atomic E-state index is 13.9. The van der Waals surface area contributed by atoms with E-state index in [0.717, 1.165) is 35.1 Å². The van der Waals surface area contributed by atoms with Gasteiger partial charge in [0.05, 0.1) is 12.6 Å². The van der Waals surface area contributed by atoms with Crippen LogP contribution in [0.1, 0.15) is 64.5 Å². The monoisotopic (exact) mass is 715 g/mol. The van der Waals surface area contributed by atoms with Gasteiger partial charge in [-0.25, -0.2) is 4.79 Å². The Morgan fingerprint density at radius 1 is 0.808 bits per heavy atom. The highest BCUT2D eigenvalue weighted by Crippen LogP contribution is 2.32. The molecular weight excluding hydrogens is 662 g/mol. The fourth-order valence-corrected chi connectivity index (χ4v) is 5.74. The van der Waals surface area contributed by atoms with Crippen molar-refractivity contribution in [1.82, 2.24) is 21.3 Å². The number of aliphatic hydroxyl groups excluding tert-OH is 1. The summed E-state index contributed by atoms with van der Waals surface area (Å²) in [6.45, 7) is 6.07. The normalized spacial score (nSPS) is 13.9. The third kappa shape index (κ3) is 12.3. The van der Waals surface area contributed by atoms with E-state index in [9.17, 15) is 29.1 Å². The van der Waals surface area contributed by atoms with Crippen LogP contribution in [0.4, 0.5) is 4.79 Å². The van der Waals surface area contributed by atoms with Crippen LogP contribution in [-0.2, 0) is 36.9 Å². The fraction of sp³-hybridized carbons (Fsp3) is 0.425. The van der Waals surface area contributed by atoms with Crippen LogP contribution in [0, 0.1) is 11.3 Å². The molecule has 3 aromatic rings. The highest BCUT2D eigenvalue weighted by Gasteiger charge is 2.43. The van der Waals surface area contributed by atoms with Gasteiger partial charge in [-0.15, -0.1) is 0 Å². The summed E-state index contributed by atoms with van der Waals surface area (Å²) in [4.78, 5) is 65.3. The summed E-state index contributed by atoms with van der Waals surface area (Å²) in [5, 5.41) is 21.4. The highest BCUT2D eigenvalue weighted by atomic mass is 16.5. The summed E-state index contributed by atoms with van der Waals surface area (Å²) in [6.07, 6.45) is 1.85. The molecule has 0 bridgehead atoms. The third-order valence-electron chi connectivity index (χ3n) is 8.97. The Kier molecular flexibility index (Phi) is 16.5. The van der Waals surface area contributed by atoms with Gasteiger partial charge in [-0.2, -0.15) is 0 Å². The number of unbranched alkanes of at least 4 members (excludes halogenated alkanes) is 2. The number of nitrogens with one attached hydrogen (secondary N) is 4. The Hall–Kier alpha value is -5.07. The molecule has 5 amide bonds. The van der Waals surface area contributed by atoms with E-state index < -0.39 is 65.8 Å². The van der Waals surface area contributed by atoms with E-state index in [1.54, 1.807) is 26.0 Å².